The zero-order valence-corrected chi connectivity index (χ0v) is 14.4. The molecule has 1 heterocycles. The summed E-state index contributed by atoms with van der Waals surface area (Å²) in [6.07, 6.45) is 6.23. The number of aromatic nitrogens is 1. The molecule has 6 heteroatoms. The van der Waals surface area contributed by atoms with Gasteiger partial charge in [0.05, 0.1) is 5.56 Å². The Morgan fingerprint density at radius 1 is 1.35 bits per heavy atom. The summed E-state index contributed by atoms with van der Waals surface area (Å²) in [5.41, 5.74) is 1.18. The molecule has 0 saturated heterocycles. The van der Waals surface area contributed by atoms with Crippen molar-refractivity contribution in [1.82, 2.24) is 4.98 Å². The Morgan fingerprint density at radius 2 is 2.17 bits per heavy atom. The maximum atomic E-state index is 12.2. The number of benzene rings is 1. The molecule has 120 valence electrons. The molecule has 0 bridgehead atoms. The average molecular weight is 348 g/mol. The molecule has 2 N–H and O–H groups in total. The molecule has 3 rings (SSSR count). The Bertz CT molecular complexity index is 701. The van der Waals surface area contributed by atoms with Gasteiger partial charge in [-0.1, -0.05) is 17.7 Å². The lowest BCUT2D eigenvalue weighted by molar-refractivity contribution is 0.102. The number of nitrogens with one attached hydrogen (secondary N) is 2. The number of amides is 1. The van der Waals surface area contributed by atoms with E-state index < -0.39 is 0 Å². The summed E-state index contributed by atoms with van der Waals surface area (Å²) in [7, 11) is 0. The third-order valence-corrected chi connectivity index (χ3v) is 5.59. The first-order chi connectivity index (χ1) is 11.1. The first-order valence-corrected chi connectivity index (χ1v) is 9.02. The molecule has 1 saturated carbocycles. The number of anilines is 2. The molecule has 1 aromatic heterocycles. The molecular weight excluding hydrogens is 330 g/mol. The minimum Gasteiger partial charge on any atom is -0.369 e. The van der Waals surface area contributed by atoms with Gasteiger partial charge in [0.25, 0.3) is 5.91 Å². The van der Waals surface area contributed by atoms with Crippen molar-refractivity contribution in [3.63, 3.8) is 0 Å². The largest absolute Gasteiger partial charge is 0.369 e. The van der Waals surface area contributed by atoms with E-state index in [1.165, 1.54) is 12.8 Å². The van der Waals surface area contributed by atoms with Gasteiger partial charge in [-0.2, -0.15) is 11.8 Å². The summed E-state index contributed by atoms with van der Waals surface area (Å²) in [6.45, 7) is 0.912. The maximum absolute atomic E-state index is 12.2. The summed E-state index contributed by atoms with van der Waals surface area (Å²) in [5, 5.41) is 6.73. The number of hydrogen-bond donors (Lipinski definition) is 2. The van der Waals surface area contributed by atoms with Crippen LogP contribution in [0.25, 0.3) is 0 Å². The summed E-state index contributed by atoms with van der Waals surface area (Å²) in [6, 6.07) is 10.7. The third-order valence-electron chi connectivity index (χ3n) is 3.94. The van der Waals surface area contributed by atoms with Gasteiger partial charge in [-0.15, -0.1) is 0 Å². The number of carbonyl (C=O) groups excluding carboxylic acids is 1. The summed E-state index contributed by atoms with van der Waals surface area (Å²) >= 11 is 7.81. The van der Waals surface area contributed by atoms with Crippen molar-refractivity contribution in [2.75, 3.05) is 23.4 Å². The second-order valence-electron chi connectivity index (χ2n) is 5.64. The zero-order chi connectivity index (χ0) is 16.3. The summed E-state index contributed by atoms with van der Waals surface area (Å²) < 4.78 is 0.379. The van der Waals surface area contributed by atoms with Crippen molar-refractivity contribution in [3.05, 3.63) is 53.2 Å². The van der Waals surface area contributed by atoms with Crippen LogP contribution in [-0.4, -0.2) is 28.4 Å². The molecule has 1 aliphatic carbocycles. The molecule has 1 amide bonds. The van der Waals surface area contributed by atoms with E-state index in [2.05, 4.69) is 21.9 Å². The lowest BCUT2D eigenvalue weighted by atomic mass is 10.2. The van der Waals surface area contributed by atoms with E-state index in [1.54, 1.807) is 36.5 Å². The molecular formula is C17H18ClN3OS. The van der Waals surface area contributed by atoms with Crippen LogP contribution in [-0.2, 0) is 0 Å². The molecule has 1 aromatic carbocycles. The first-order valence-electron chi connectivity index (χ1n) is 7.42. The van der Waals surface area contributed by atoms with Crippen LogP contribution in [0.5, 0.6) is 0 Å². The molecule has 23 heavy (non-hydrogen) atoms. The van der Waals surface area contributed by atoms with Gasteiger partial charge in [-0.05, 0) is 49.4 Å². The van der Waals surface area contributed by atoms with Crippen molar-refractivity contribution in [2.45, 2.75) is 17.6 Å². The van der Waals surface area contributed by atoms with Gasteiger partial charge in [0.1, 0.15) is 5.82 Å². The third kappa shape index (κ3) is 4.18. The van der Waals surface area contributed by atoms with E-state index in [0.717, 1.165) is 12.4 Å². The second-order valence-corrected chi connectivity index (χ2v) is 7.35. The predicted molar refractivity (Wildman–Crippen MR) is 97.6 cm³/mol. The molecule has 0 spiro atoms. The average Bonchev–Trinajstić information content (AvgIpc) is 3.34. The second kappa shape index (κ2) is 6.81. The lowest BCUT2D eigenvalue weighted by Crippen LogP contribution is -2.18. The number of halogens is 1. The topological polar surface area (TPSA) is 54.0 Å². The highest BCUT2D eigenvalue weighted by Crippen LogP contribution is 2.46. The van der Waals surface area contributed by atoms with Crippen LogP contribution in [0.4, 0.5) is 11.5 Å². The van der Waals surface area contributed by atoms with Gasteiger partial charge in [-0.25, -0.2) is 4.98 Å². The highest BCUT2D eigenvalue weighted by molar-refractivity contribution is 8.00. The molecule has 0 unspecified atom stereocenters. The predicted octanol–water partition coefficient (Wildman–Crippen LogP) is 4.29. The molecule has 1 fully saturated rings. The van der Waals surface area contributed by atoms with E-state index in [0.29, 0.717) is 21.0 Å². The standard InChI is InChI=1S/C17H18ClN3OS/c1-23-17(7-8-17)11-20-15-6-5-12(10-19-15)16(22)21-14-4-2-3-13(18)9-14/h2-6,9-10H,7-8,11H2,1H3,(H,19,20)(H,21,22). The van der Waals surface area contributed by atoms with Crippen molar-refractivity contribution in [3.8, 4) is 0 Å². The fourth-order valence-electron chi connectivity index (χ4n) is 2.25. The van der Waals surface area contributed by atoms with Crippen LogP contribution < -0.4 is 10.6 Å². The highest BCUT2D eigenvalue weighted by atomic mass is 35.5. The monoisotopic (exact) mass is 347 g/mol. The van der Waals surface area contributed by atoms with Crippen LogP contribution in [0, 0.1) is 0 Å². The molecule has 1 aliphatic rings. The number of carbonyl (C=O) groups is 1. The normalized spacial score (nSPS) is 15.0. The van der Waals surface area contributed by atoms with Crippen molar-refractivity contribution < 1.29 is 4.79 Å². The van der Waals surface area contributed by atoms with Gasteiger partial charge < -0.3 is 10.6 Å². The van der Waals surface area contributed by atoms with Crippen LogP contribution >= 0.6 is 23.4 Å². The van der Waals surface area contributed by atoms with Crippen molar-refractivity contribution in [2.24, 2.45) is 0 Å². The Labute approximate surface area is 145 Å². The minimum absolute atomic E-state index is 0.200. The fraction of sp³-hybridized carbons (Fsp3) is 0.294. The number of thioether (sulfide) groups is 1. The van der Waals surface area contributed by atoms with Crippen LogP contribution in [0.3, 0.4) is 0 Å². The van der Waals surface area contributed by atoms with Gasteiger partial charge in [0, 0.05) is 28.2 Å². The first kappa shape index (κ1) is 16.1. The van der Waals surface area contributed by atoms with E-state index in [1.807, 2.05) is 17.8 Å². The number of nitrogens with zero attached hydrogens (tertiary/aromatic N) is 1. The van der Waals surface area contributed by atoms with Gasteiger partial charge in [-0.3, -0.25) is 4.79 Å². The van der Waals surface area contributed by atoms with Crippen LogP contribution in [0.1, 0.15) is 23.2 Å². The van der Waals surface area contributed by atoms with E-state index in [9.17, 15) is 4.79 Å². The molecule has 4 nitrogen and oxygen atoms in total. The smallest absolute Gasteiger partial charge is 0.257 e. The maximum Gasteiger partial charge on any atom is 0.257 e. The number of pyridine rings is 1. The summed E-state index contributed by atoms with van der Waals surface area (Å²) in [5.74, 6) is 0.596. The minimum atomic E-state index is -0.200. The Balaban J connectivity index is 1.59. The van der Waals surface area contributed by atoms with Gasteiger partial charge >= 0.3 is 0 Å². The Hall–Kier alpha value is -1.72. The Morgan fingerprint density at radius 3 is 2.78 bits per heavy atom. The van der Waals surface area contributed by atoms with Crippen LogP contribution in [0.15, 0.2) is 42.6 Å². The zero-order valence-electron chi connectivity index (χ0n) is 12.8. The van der Waals surface area contributed by atoms with E-state index in [4.69, 9.17) is 11.6 Å². The van der Waals surface area contributed by atoms with E-state index in [-0.39, 0.29) is 5.91 Å². The lowest BCUT2D eigenvalue weighted by Gasteiger charge is -2.13. The van der Waals surface area contributed by atoms with E-state index >= 15 is 0 Å². The molecule has 2 aromatic rings. The molecule has 0 aliphatic heterocycles. The number of hydrogen-bond acceptors (Lipinski definition) is 4. The highest BCUT2D eigenvalue weighted by Gasteiger charge is 2.41. The fourth-order valence-corrected chi connectivity index (χ4v) is 3.16. The quantitative estimate of drug-likeness (QED) is 0.818. The Kier molecular flexibility index (Phi) is 4.78. The molecule has 0 atom stereocenters. The number of rotatable bonds is 6. The van der Waals surface area contributed by atoms with Crippen molar-refractivity contribution in [1.29, 1.82) is 0 Å². The van der Waals surface area contributed by atoms with Gasteiger partial charge in [0.2, 0.25) is 0 Å². The summed E-state index contributed by atoms with van der Waals surface area (Å²) in [4.78, 5) is 16.5. The van der Waals surface area contributed by atoms with Crippen LogP contribution in [0.2, 0.25) is 5.02 Å². The van der Waals surface area contributed by atoms with Crippen molar-refractivity contribution >= 4 is 40.8 Å². The molecule has 0 radical (unpaired) electrons. The van der Waals surface area contributed by atoms with Gasteiger partial charge in [0.15, 0.2) is 0 Å². The SMILES string of the molecule is CSC1(CNc2ccc(C(=O)Nc3cccc(Cl)c3)cn2)CC1.